The molecule has 0 radical (unpaired) electrons. The monoisotopic (exact) mass is 400 g/mol. The highest BCUT2D eigenvalue weighted by Crippen LogP contribution is 2.32. The highest BCUT2D eigenvalue weighted by molar-refractivity contribution is 5.81. The summed E-state index contributed by atoms with van der Waals surface area (Å²) in [5.41, 5.74) is 0.0577. The first kappa shape index (κ1) is 23.5. The number of guanidine groups is 1. The average molecular weight is 400 g/mol. The van der Waals surface area contributed by atoms with Crippen molar-refractivity contribution in [2.24, 2.45) is 10.4 Å². The number of rotatable bonds is 9. The smallest absolute Gasteiger partial charge is 0.387 e. The molecule has 0 aliphatic carbocycles. The molecule has 0 aliphatic rings. The van der Waals surface area contributed by atoms with Crippen molar-refractivity contribution < 1.29 is 23.0 Å². The van der Waals surface area contributed by atoms with Gasteiger partial charge in [0, 0.05) is 37.7 Å². The topological polar surface area (TPSA) is 84.0 Å². The van der Waals surface area contributed by atoms with Gasteiger partial charge in [0.05, 0.1) is 6.61 Å². The van der Waals surface area contributed by atoms with Gasteiger partial charge in [-0.2, -0.15) is 8.78 Å². The van der Waals surface area contributed by atoms with Crippen LogP contribution in [-0.2, 0) is 11.3 Å². The molecule has 7 nitrogen and oxygen atoms in total. The number of hydrogen-bond acceptors (Lipinski definition) is 4. The van der Waals surface area contributed by atoms with Crippen LogP contribution in [0.25, 0.3) is 0 Å². The second-order valence-corrected chi connectivity index (χ2v) is 6.91. The summed E-state index contributed by atoms with van der Waals surface area (Å²) in [6.45, 7) is 5.75. The number of nitrogens with one attached hydrogen (secondary N) is 3. The quantitative estimate of drug-likeness (QED) is 0.337. The van der Waals surface area contributed by atoms with Gasteiger partial charge in [-0.05, 0) is 13.0 Å². The maximum absolute atomic E-state index is 12.8. The van der Waals surface area contributed by atoms with Crippen LogP contribution in [0.5, 0.6) is 11.5 Å². The molecular formula is C19H30F2N4O3. The van der Waals surface area contributed by atoms with E-state index < -0.39 is 12.0 Å². The summed E-state index contributed by atoms with van der Waals surface area (Å²) in [7, 11) is 1.59. The fourth-order valence-corrected chi connectivity index (χ4v) is 2.21. The predicted molar refractivity (Wildman–Crippen MR) is 105 cm³/mol. The lowest BCUT2D eigenvalue weighted by Crippen LogP contribution is -2.43. The SMILES string of the molecule is CCOc1cccc(CNC(=NC)NCCNC(=O)C(C)(C)C)c1OC(F)F. The molecule has 0 unspecified atom stereocenters. The molecule has 0 saturated carbocycles. The van der Waals surface area contributed by atoms with Crippen molar-refractivity contribution in [1.29, 1.82) is 0 Å². The van der Waals surface area contributed by atoms with Crippen LogP contribution in [0.2, 0.25) is 0 Å². The summed E-state index contributed by atoms with van der Waals surface area (Å²) in [6, 6.07) is 4.96. The summed E-state index contributed by atoms with van der Waals surface area (Å²) in [5, 5.41) is 8.91. The number of ether oxygens (including phenoxy) is 2. The van der Waals surface area contributed by atoms with E-state index in [1.807, 2.05) is 20.8 Å². The van der Waals surface area contributed by atoms with E-state index in [-0.39, 0.29) is 24.0 Å². The van der Waals surface area contributed by atoms with Gasteiger partial charge in [0.15, 0.2) is 17.5 Å². The van der Waals surface area contributed by atoms with Crippen molar-refractivity contribution in [1.82, 2.24) is 16.0 Å². The molecule has 0 fully saturated rings. The Morgan fingerprint density at radius 1 is 1.18 bits per heavy atom. The minimum Gasteiger partial charge on any atom is -0.490 e. The van der Waals surface area contributed by atoms with Crippen LogP contribution in [0.1, 0.15) is 33.3 Å². The van der Waals surface area contributed by atoms with Gasteiger partial charge in [0.25, 0.3) is 0 Å². The molecule has 1 aromatic carbocycles. The molecule has 3 N–H and O–H groups in total. The molecule has 158 valence electrons. The number of para-hydroxylation sites is 1. The van der Waals surface area contributed by atoms with Gasteiger partial charge in [-0.1, -0.05) is 32.9 Å². The molecule has 1 rings (SSSR count). The molecule has 0 aliphatic heterocycles. The number of hydrogen-bond donors (Lipinski definition) is 3. The van der Waals surface area contributed by atoms with Crippen LogP contribution < -0.4 is 25.4 Å². The van der Waals surface area contributed by atoms with Crippen LogP contribution in [0.4, 0.5) is 8.78 Å². The minimum absolute atomic E-state index is 0.000237. The zero-order valence-corrected chi connectivity index (χ0v) is 17.1. The average Bonchev–Trinajstić information content (AvgIpc) is 2.62. The second kappa shape index (κ2) is 11.3. The van der Waals surface area contributed by atoms with Gasteiger partial charge in [-0.3, -0.25) is 9.79 Å². The third kappa shape index (κ3) is 7.98. The van der Waals surface area contributed by atoms with Gasteiger partial charge >= 0.3 is 6.61 Å². The van der Waals surface area contributed by atoms with Crippen LogP contribution in [0, 0.1) is 5.41 Å². The number of aliphatic imine (C=N–C) groups is 1. The van der Waals surface area contributed by atoms with Crippen LogP contribution in [0.15, 0.2) is 23.2 Å². The summed E-state index contributed by atoms with van der Waals surface area (Å²) < 4.78 is 35.6. The lowest BCUT2D eigenvalue weighted by Gasteiger charge is -2.19. The highest BCUT2D eigenvalue weighted by atomic mass is 19.3. The first-order chi connectivity index (χ1) is 13.2. The number of alkyl halides is 2. The summed E-state index contributed by atoms with van der Waals surface area (Å²) in [6.07, 6.45) is 0. The van der Waals surface area contributed by atoms with Gasteiger partial charge in [0.2, 0.25) is 5.91 Å². The molecule has 1 amide bonds. The number of carbonyl (C=O) groups is 1. The molecule has 0 aromatic heterocycles. The lowest BCUT2D eigenvalue weighted by molar-refractivity contribution is -0.128. The third-order valence-corrected chi connectivity index (χ3v) is 3.62. The number of amides is 1. The number of halogens is 2. The van der Waals surface area contributed by atoms with E-state index in [2.05, 4.69) is 25.7 Å². The first-order valence-electron chi connectivity index (χ1n) is 9.11. The van der Waals surface area contributed by atoms with Crippen molar-refractivity contribution in [3.8, 4) is 11.5 Å². The van der Waals surface area contributed by atoms with Gasteiger partial charge in [-0.15, -0.1) is 0 Å². The zero-order chi connectivity index (χ0) is 21.2. The predicted octanol–water partition coefficient (Wildman–Crippen LogP) is 2.51. The maximum atomic E-state index is 12.8. The van der Waals surface area contributed by atoms with Gasteiger partial charge in [-0.25, -0.2) is 0 Å². The van der Waals surface area contributed by atoms with Gasteiger partial charge < -0.3 is 25.4 Å². The van der Waals surface area contributed by atoms with Gasteiger partial charge in [0.1, 0.15) is 0 Å². The number of benzene rings is 1. The van der Waals surface area contributed by atoms with Crippen molar-refractivity contribution in [3.05, 3.63) is 23.8 Å². The second-order valence-electron chi connectivity index (χ2n) is 6.91. The van der Waals surface area contributed by atoms with Crippen molar-refractivity contribution in [3.63, 3.8) is 0 Å². The molecule has 0 spiro atoms. The Balaban J connectivity index is 2.63. The molecule has 0 saturated heterocycles. The van der Waals surface area contributed by atoms with E-state index >= 15 is 0 Å². The first-order valence-corrected chi connectivity index (χ1v) is 9.11. The molecule has 0 atom stereocenters. The van der Waals surface area contributed by atoms with E-state index in [4.69, 9.17) is 4.74 Å². The zero-order valence-electron chi connectivity index (χ0n) is 17.1. The summed E-state index contributed by atoms with van der Waals surface area (Å²) in [5.74, 6) is 0.684. The molecule has 28 heavy (non-hydrogen) atoms. The Hall–Kier alpha value is -2.58. The Bertz CT molecular complexity index is 661. The summed E-state index contributed by atoms with van der Waals surface area (Å²) >= 11 is 0. The standard InChI is InChI=1S/C19H30F2N4O3/c1-6-27-14-9-7-8-13(15(14)28-17(20)21)12-25-18(22-5)24-11-10-23-16(26)19(2,3)4/h7-9,17H,6,10-12H2,1-5H3,(H,23,26)(H2,22,24,25). The Morgan fingerprint density at radius 2 is 1.86 bits per heavy atom. The molecule has 0 bridgehead atoms. The lowest BCUT2D eigenvalue weighted by atomic mass is 9.96. The van der Waals surface area contributed by atoms with Crippen LogP contribution >= 0.6 is 0 Å². The Morgan fingerprint density at radius 3 is 2.43 bits per heavy atom. The van der Waals surface area contributed by atoms with E-state index in [9.17, 15) is 13.6 Å². The number of carbonyl (C=O) groups excluding carboxylic acids is 1. The van der Waals surface area contributed by atoms with Crippen LogP contribution in [0.3, 0.4) is 0 Å². The Labute approximate surface area is 164 Å². The van der Waals surface area contributed by atoms with E-state index in [1.54, 1.807) is 32.2 Å². The number of nitrogens with zero attached hydrogens (tertiary/aromatic N) is 1. The van der Waals surface area contributed by atoms with Crippen molar-refractivity contribution in [2.45, 2.75) is 40.9 Å². The highest BCUT2D eigenvalue weighted by Gasteiger charge is 2.20. The minimum atomic E-state index is -2.95. The van der Waals surface area contributed by atoms with E-state index in [0.29, 0.717) is 31.2 Å². The molecule has 1 aromatic rings. The van der Waals surface area contributed by atoms with Crippen LogP contribution in [-0.4, -0.2) is 45.2 Å². The third-order valence-electron chi connectivity index (χ3n) is 3.62. The fraction of sp³-hybridized carbons (Fsp3) is 0.579. The van der Waals surface area contributed by atoms with E-state index in [1.165, 1.54) is 0 Å². The van der Waals surface area contributed by atoms with Crippen molar-refractivity contribution in [2.75, 3.05) is 26.7 Å². The van der Waals surface area contributed by atoms with E-state index in [0.717, 1.165) is 0 Å². The molecular weight excluding hydrogens is 370 g/mol. The fourth-order valence-electron chi connectivity index (χ4n) is 2.21. The molecule has 0 heterocycles. The maximum Gasteiger partial charge on any atom is 0.387 e. The largest absolute Gasteiger partial charge is 0.490 e. The normalized spacial score (nSPS) is 11.9. The molecule has 9 heteroatoms. The van der Waals surface area contributed by atoms with Crippen molar-refractivity contribution >= 4 is 11.9 Å². The Kier molecular flexibility index (Phi) is 9.47. The summed E-state index contributed by atoms with van der Waals surface area (Å²) in [4.78, 5) is 15.9.